The lowest BCUT2D eigenvalue weighted by molar-refractivity contribution is -0.192. The lowest BCUT2D eigenvalue weighted by atomic mass is 9.88. The Morgan fingerprint density at radius 2 is 1.74 bits per heavy atom. The van der Waals surface area contributed by atoms with Gasteiger partial charge in [0.15, 0.2) is 12.6 Å². The van der Waals surface area contributed by atoms with Crippen LogP contribution < -0.4 is 0 Å². The zero-order valence-electron chi connectivity index (χ0n) is 23.7. The molecule has 218 valence electrons. The van der Waals surface area contributed by atoms with E-state index >= 15 is 0 Å². The van der Waals surface area contributed by atoms with Crippen molar-refractivity contribution < 1.29 is 28.8 Å². The van der Waals surface area contributed by atoms with Gasteiger partial charge in [0.05, 0.1) is 12.2 Å². The minimum absolute atomic E-state index is 0.00803. The van der Waals surface area contributed by atoms with Crippen molar-refractivity contribution in [1.82, 2.24) is 0 Å². The van der Waals surface area contributed by atoms with Crippen LogP contribution in [0.15, 0.2) is 23.8 Å². The molecule has 0 radical (unpaired) electrons. The van der Waals surface area contributed by atoms with Crippen molar-refractivity contribution in [2.45, 2.75) is 140 Å². The molecule has 0 amide bonds. The number of ether oxygens (including phenoxy) is 4. The molecular formula is C31H51ClO6. The van der Waals surface area contributed by atoms with Crippen molar-refractivity contribution in [1.29, 1.82) is 0 Å². The van der Waals surface area contributed by atoms with Crippen molar-refractivity contribution in [3.63, 3.8) is 0 Å². The molecule has 3 fully saturated rings. The molecule has 1 saturated carbocycles. The van der Waals surface area contributed by atoms with E-state index in [1.165, 1.54) is 5.57 Å². The first kappa shape index (κ1) is 31.6. The maximum Gasteiger partial charge on any atom is 0.303 e. The molecule has 0 spiro atoms. The van der Waals surface area contributed by atoms with Crippen LogP contribution in [0.1, 0.15) is 110 Å². The standard InChI is InChI=1S/C31H51ClO6/c1-23(2)12-11-13-24(37-30-16-7-9-20-35-30)18-19-26-25(14-5-3-4-6-15-29(33)34)27(32)22-28(26)38-31-17-8-10-21-36-31/h12,18-19,24-28,30-31H,3-11,13-17,20-22H2,1-2H3,(H,33,34)/b19-18+/t24-,25+,26+,27+,28+,30?,31?/m0/s1. The third-order valence-electron chi connectivity index (χ3n) is 8.00. The first-order valence-corrected chi connectivity index (χ1v) is 15.6. The van der Waals surface area contributed by atoms with E-state index in [2.05, 4.69) is 32.1 Å². The number of allylic oxidation sites excluding steroid dienone is 2. The molecule has 6 nitrogen and oxygen atoms in total. The summed E-state index contributed by atoms with van der Waals surface area (Å²) >= 11 is 6.96. The van der Waals surface area contributed by atoms with Crippen molar-refractivity contribution >= 4 is 17.6 Å². The molecule has 1 N–H and O–H groups in total. The highest BCUT2D eigenvalue weighted by molar-refractivity contribution is 6.21. The summed E-state index contributed by atoms with van der Waals surface area (Å²) in [6, 6.07) is 0. The Labute approximate surface area is 235 Å². The van der Waals surface area contributed by atoms with E-state index in [1.807, 2.05) is 0 Å². The van der Waals surface area contributed by atoms with Crippen molar-refractivity contribution in [3.8, 4) is 0 Å². The van der Waals surface area contributed by atoms with Crippen LogP contribution in [-0.4, -0.2) is 54.5 Å². The Morgan fingerprint density at radius 1 is 1.03 bits per heavy atom. The average Bonchev–Trinajstić information content (AvgIpc) is 3.18. The van der Waals surface area contributed by atoms with Gasteiger partial charge < -0.3 is 24.1 Å². The normalized spacial score (nSPS) is 30.9. The van der Waals surface area contributed by atoms with Gasteiger partial charge in [0.25, 0.3) is 0 Å². The van der Waals surface area contributed by atoms with Crippen LogP contribution >= 0.6 is 11.6 Å². The molecule has 3 rings (SSSR count). The van der Waals surface area contributed by atoms with Gasteiger partial charge in [-0.05, 0) is 90.4 Å². The molecule has 2 aliphatic heterocycles. The van der Waals surface area contributed by atoms with E-state index in [4.69, 9.17) is 35.7 Å². The predicted molar refractivity (Wildman–Crippen MR) is 151 cm³/mol. The monoisotopic (exact) mass is 554 g/mol. The first-order valence-electron chi connectivity index (χ1n) is 15.1. The van der Waals surface area contributed by atoms with Gasteiger partial charge >= 0.3 is 5.97 Å². The lowest BCUT2D eigenvalue weighted by Gasteiger charge is -2.30. The van der Waals surface area contributed by atoms with Crippen molar-refractivity contribution in [2.75, 3.05) is 13.2 Å². The van der Waals surface area contributed by atoms with Crippen LogP contribution in [0.25, 0.3) is 0 Å². The number of carbonyl (C=O) groups is 1. The third-order valence-corrected chi connectivity index (χ3v) is 8.51. The molecule has 1 aliphatic carbocycles. The first-order chi connectivity index (χ1) is 18.4. The summed E-state index contributed by atoms with van der Waals surface area (Å²) in [5.41, 5.74) is 1.33. The molecule has 2 unspecified atom stereocenters. The fourth-order valence-corrected chi connectivity index (χ4v) is 6.36. The number of rotatable bonds is 16. The molecule has 0 aromatic rings. The van der Waals surface area contributed by atoms with Gasteiger partial charge in [0.2, 0.25) is 0 Å². The molecule has 7 atom stereocenters. The summed E-state index contributed by atoms with van der Waals surface area (Å²) in [6.07, 6.45) is 20.8. The van der Waals surface area contributed by atoms with Gasteiger partial charge in [-0.3, -0.25) is 4.79 Å². The van der Waals surface area contributed by atoms with Crippen LogP contribution in [0.4, 0.5) is 0 Å². The predicted octanol–water partition coefficient (Wildman–Crippen LogP) is 7.78. The molecule has 3 aliphatic rings. The smallest absolute Gasteiger partial charge is 0.303 e. The summed E-state index contributed by atoms with van der Waals surface area (Å²) in [4.78, 5) is 10.8. The summed E-state index contributed by atoms with van der Waals surface area (Å²) < 4.78 is 24.8. The van der Waals surface area contributed by atoms with Crippen LogP contribution in [-0.2, 0) is 23.7 Å². The Kier molecular flexibility index (Phi) is 14.7. The topological polar surface area (TPSA) is 74.2 Å². The Morgan fingerprint density at radius 3 is 2.39 bits per heavy atom. The summed E-state index contributed by atoms with van der Waals surface area (Å²) in [5, 5.41) is 8.95. The minimum atomic E-state index is -0.711. The number of hydrogen-bond donors (Lipinski definition) is 1. The summed E-state index contributed by atoms with van der Waals surface area (Å²) in [6.45, 7) is 5.81. The van der Waals surface area contributed by atoms with E-state index in [0.717, 1.165) is 103 Å². The van der Waals surface area contributed by atoms with Crippen LogP contribution in [0.5, 0.6) is 0 Å². The Bertz CT molecular complexity index is 724. The second-order valence-electron chi connectivity index (χ2n) is 11.5. The molecule has 0 bridgehead atoms. The highest BCUT2D eigenvalue weighted by Crippen LogP contribution is 2.43. The number of unbranched alkanes of at least 4 members (excludes halogenated alkanes) is 3. The van der Waals surface area contributed by atoms with Gasteiger partial charge in [-0.25, -0.2) is 0 Å². The molecule has 2 heterocycles. The second-order valence-corrected chi connectivity index (χ2v) is 12.1. The van der Waals surface area contributed by atoms with E-state index in [1.54, 1.807) is 0 Å². The quantitative estimate of drug-likeness (QED) is 0.119. The van der Waals surface area contributed by atoms with E-state index in [9.17, 15) is 4.79 Å². The Hall–Kier alpha value is -0.920. The molecule has 38 heavy (non-hydrogen) atoms. The maximum absolute atomic E-state index is 10.8. The third kappa shape index (κ3) is 11.7. The van der Waals surface area contributed by atoms with E-state index < -0.39 is 5.97 Å². The van der Waals surface area contributed by atoms with Gasteiger partial charge in [0, 0.05) is 30.9 Å². The fraction of sp³-hybridized carbons (Fsp3) is 0.839. The van der Waals surface area contributed by atoms with Crippen LogP contribution in [0.2, 0.25) is 0 Å². The van der Waals surface area contributed by atoms with Crippen molar-refractivity contribution in [3.05, 3.63) is 23.8 Å². The maximum atomic E-state index is 10.8. The van der Waals surface area contributed by atoms with Crippen molar-refractivity contribution in [2.24, 2.45) is 11.8 Å². The molecular weight excluding hydrogens is 504 g/mol. The number of aliphatic carboxylic acids is 1. The zero-order valence-corrected chi connectivity index (χ0v) is 24.4. The highest BCUT2D eigenvalue weighted by Gasteiger charge is 2.42. The Balaban J connectivity index is 1.66. The van der Waals surface area contributed by atoms with E-state index in [0.29, 0.717) is 5.92 Å². The number of hydrogen-bond acceptors (Lipinski definition) is 5. The molecule has 0 aromatic carbocycles. The van der Waals surface area contributed by atoms with Gasteiger partial charge in [0.1, 0.15) is 0 Å². The SMILES string of the molecule is CC(C)=CCC[C@@H](/C=C/[C@@H]1[C@@H](CCCCCCC(=O)O)[C@H](Cl)C[C@H]1OC1CCCCO1)OC1CCCCO1. The number of alkyl halides is 1. The molecule has 2 saturated heterocycles. The minimum Gasteiger partial charge on any atom is -0.481 e. The second kappa shape index (κ2) is 17.7. The summed E-state index contributed by atoms with van der Waals surface area (Å²) in [7, 11) is 0. The van der Waals surface area contributed by atoms with E-state index in [-0.39, 0.29) is 42.5 Å². The fourth-order valence-electron chi connectivity index (χ4n) is 5.89. The number of halogens is 1. The van der Waals surface area contributed by atoms with Gasteiger partial charge in [-0.15, -0.1) is 11.6 Å². The highest BCUT2D eigenvalue weighted by atomic mass is 35.5. The molecule has 0 aromatic heterocycles. The zero-order chi connectivity index (χ0) is 27.2. The number of carboxylic acid groups (broad SMARTS) is 1. The van der Waals surface area contributed by atoms with Gasteiger partial charge in [-0.1, -0.05) is 43.1 Å². The average molecular weight is 555 g/mol. The summed E-state index contributed by atoms with van der Waals surface area (Å²) in [5.74, 6) is -0.175. The van der Waals surface area contributed by atoms with Crippen LogP contribution in [0, 0.1) is 11.8 Å². The largest absolute Gasteiger partial charge is 0.481 e. The molecule has 7 heteroatoms. The lowest BCUT2D eigenvalue weighted by Crippen LogP contribution is -2.31. The van der Waals surface area contributed by atoms with Crippen LogP contribution in [0.3, 0.4) is 0 Å². The van der Waals surface area contributed by atoms with Gasteiger partial charge in [-0.2, -0.15) is 0 Å². The number of carboxylic acids is 1.